The van der Waals surface area contributed by atoms with Crippen LogP contribution in [0, 0.1) is 0 Å². The lowest BCUT2D eigenvalue weighted by Crippen LogP contribution is -2.20. The highest BCUT2D eigenvalue weighted by Gasteiger charge is 2.21. The first-order valence-corrected chi connectivity index (χ1v) is 6.03. The van der Waals surface area contributed by atoms with E-state index < -0.39 is 6.10 Å². The fourth-order valence-electron chi connectivity index (χ4n) is 1.74. The number of aromatic nitrogens is 2. The molecule has 0 saturated heterocycles. The van der Waals surface area contributed by atoms with E-state index in [-0.39, 0.29) is 12.6 Å². The molecule has 19 heavy (non-hydrogen) atoms. The molecule has 0 radical (unpaired) electrons. The van der Waals surface area contributed by atoms with Crippen LogP contribution in [0.3, 0.4) is 0 Å². The van der Waals surface area contributed by atoms with Crippen LogP contribution in [0.5, 0.6) is 0 Å². The van der Waals surface area contributed by atoms with Gasteiger partial charge in [0.1, 0.15) is 6.61 Å². The first kappa shape index (κ1) is 13.3. The maximum Gasteiger partial charge on any atom is 0.339 e. The van der Waals surface area contributed by atoms with Gasteiger partial charge in [-0.2, -0.15) is 5.10 Å². The number of hydrogen-bond acceptors (Lipinski definition) is 4. The first-order valence-electron chi connectivity index (χ1n) is 6.03. The van der Waals surface area contributed by atoms with Crippen LogP contribution < -0.4 is 0 Å². The Balaban J connectivity index is 1.87. The number of hydrogen-bond donors (Lipinski definition) is 0. The molecule has 0 saturated carbocycles. The first-order chi connectivity index (χ1) is 9.31. The minimum Gasteiger partial charge on any atom is -0.462 e. The van der Waals surface area contributed by atoms with Gasteiger partial charge in [0.2, 0.25) is 0 Å². The number of benzene rings is 1. The Morgan fingerprint density at radius 2 is 2.11 bits per heavy atom. The van der Waals surface area contributed by atoms with Gasteiger partial charge < -0.3 is 9.47 Å². The van der Waals surface area contributed by atoms with Gasteiger partial charge in [0, 0.05) is 19.5 Å². The van der Waals surface area contributed by atoms with Crippen molar-refractivity contribution >= 4 is 5.97 Å². The topological polar surface area (TPSA) is 53.4 Å². The molecule has 0 aliphatic carbocycles. The summed E-state index contributed by atoms with van der Waals surface area (Å²) in [5.41, 5.74) is 0.786. The lowest BCUT2D eigenvalue weighted by Gasteiger charge is -2.14. The number of carbonyl (C=O) groups is 1. The Morgan fingerprint density at radius 1 is 1.32 bits per heavy atom. The van der Waals surface area contributed by atoms with Gasteiger partial charge in [0.25, 0.3) is 0 Å². The summed E-state index contributed by atoms with van der Waals surface area (Å²) in [4.78, 5) is 11.9. The van der Waals surface area contributed by atoms with E-state index in [1.54, 1.807) is 10.9 Å². The Bertz CT molecular complexity index is 497. The summed E-state index contributed by atoms with van der Waals surface area (Å²) in [6.45, 7) is 0.803. The highest BCUT2D eigenvalue weighted by atomic mass is 16.6. The minimum atomic E-state index is -0.682. The summed E-state index contributed by atoms with van der Waals surface area (Å²) in [7, 11) is 1.49. The second kappa shape index (κ2) is 6.70. The summed E-state index contributed by atoms with van der Waals surface area (Å²) < 4.78 is 12.1. The molecule has 1 atom stereocenters. The van der Waals surface area contributed by atoms with E-state index in [1.807, 2.05) is 42.6 Å². The molecule has 1 aromatic carbocycles. The molecule has 2 rings (SSSR count). The zero-order valence-electron chi connectivity index (χ0n) is 10.7. The fraction of sp³-hybridized carbons (Fsp3) is 0.286. The van der Waals surface area contributed by atoms with Gasteiger partial charge in [0.15, 0.2) is 6.10 Å². The molecule has 0 N–H and O–H groups in total. The zero-order valence-corrected chi connectivity index (χ0v) is 10.7. The van der Waals surface area contributed by atoms with Gasteiger partial charge >= 0.3 is 5.97 Å². The highest BCUT2D eigenvalue weighted by Crippen LogP contribution is 2.17. The SMILES string of the molecule is COC(C(=O)OCCn1cccn1)c1ccccc1. The maximum absolute atomic E-state index is 11.9. The highest BCUT2D eigenvalue weighted by molar-refractivity contribution is 5.76. The number of esters is 1. The average Bonchev–Trinajstić information content (AvgIpc) is 2.94. The molecule has 0 spiro atoms. The molecule has 1 unspecified atom stereocenters. The van der Waals surface area contributed by atoms with Crippen molar-refractivity contribution in [1.82, 2.24) is 9.78 Å². The number of carbonyl (C=O) groups excluding carboxylic acids is 1. The quantitative estimate of drug-likeness (QED) is 0.743. The van der Waals surface area contributed by atoms with Crippen LogP contribution in [0.2, 0.25) is 0 Å². The molecule has 5 nitrogen and oxygen atoms in total. The third-order valence-corrected chi connectivity index (χ3v) is 2.68. The molecular formula is C14H16N2O3. The van der Waals surface area contributed by atoms with E-state index in [2.05, 4.69) is 5.10 Å². The monoisotopic (exact) mass is 260 g/mol. The third-order valence-electron chi connectivity index (χ3n) is 2.68. The molecule has 0 aliphatic heterocycles. The summed E-state index contributed by atoms with van der Waals surface area (Å²) >= 11 is 0. The van der Waals surface area contributed by atoms with E-state index >= 15 is 0 Å². The van der Waals surface area contributed by atoms with Crippen molar-refractivity contribution in [2.24, 2.45) is 0 Å². The van der Waals surface area contributed by atoms with Crippen molar-refractivity contribution in [3.8, 4) is 0 Å². The van der Waals surface area contributed by atoms with Crippen LogP contribution in [0.25, 0.3) is 0 Å². The molecule has 100 valence electrons. The van der Waals surface area contributed by atoms with Crippen LogP contribution in [0.4, 0.5) is 0 Å². The summed E-state index contributed by atoms with van der Waals surface area (Å²) in [5, 5.41) is 4.03. The average molecular weight is 260 g/mol. The van der Waals surface area contributed by atoms with Gasteiger partial charge in [-0.1, -0.05) is 30.3 Å². The van der Waals surface area contributed by atoms with E-state index in [0.717, 1.165) is 5.56 Å². The van der Waals surface area contributed by atoms with E-state index in [4.69, 9.17) is 9.47 Å². The van der Waals surface area contributed by atoms with Crippen molar-refractivity contribution < 1.29 is 14.3 Å². The molecule has 1 aromatic heterocycles. The van der Waals surface area contributed by atoms with Crippen LogP contribution >= 0.6 is 0 Å². The predicted molar refractivity (Wildman–Crippen MR) is 69.4 cm³/mol. The summed E-state index contributed by atoms with van der Waals surface area (Å²) in [6.07, 6.45) is 2.82. The van der Waals surface area contributed by atoms with Crippen molar-refractivity contribution in [2.75, 3.05) is 13.7 Å². The third kappa shape index (κ3) is 3.66. The maximum atomic E-state index is 11.9. The van der Waals surface area contributed by atoms with Gasteiger partial charge in [-0.3, -0.25) is 4.68 Å². The molecule has 2 aromatic rings. The number of rotatable bonds is 6. The lowest BCUT2D eigenvalue weighted by atomic mass is 10.1. The Hall–Kier alpha value is -2.14. The largest absolute Gasteiger partial charge is 0.462 e. The van der Waals surface area contributed by atoms with Crippen molar-refractivity contribution in [1.29, 1.82) is 0 Å². The van der Waals surface area contributed by atoms with Crippen LogP contribution in [0.1, 0.15) is 11.7 Å². The van der Waals surface area contributed by atoms with Crippen LogP contribution in [-0.2, 0) is 20.8 Å². The Kier molecular flexibility index (Phi) is 4.69. The molecule has 1 heterocycles. The molecule has 0 aliphatic rings. The smallest absolute Gasteiger partial charge is 0.339 e. The Morgan fingerprint density at radius 3 is 2.74 bits per heavy atom. The van der Waals surface area contributed by atoms with Crippen molar-refractivity contribution in [3.63, 3.8) is 0 Å². The standard InChI is InChI=1S/C14H16N2O3/c1-18-13(12-6-3-2-4-7-12)14(17)19-11-10-16-9-5-8-15-16/h2-9,13H,10-11H2,1H3. The van der Waals surface area contributed by atoms with Gasteiger partial charge in [-0.15, -0.1) is 0 Å². The Labute approximate surface area is 111 Å². The molecule has 0 bridgehead atoms. The van der Waals surface area contributed by atoms with Gasteiger partial charge in [0.05, 0.1) is 6.54 Å². The van der Waals surface area contributed by atoms with Gasteiger partial charge in [-0.05, 0) is 11.6 Å². The molecule has 0 amide bonds. The number of ether oxygens (including phenoxy) is 2. The van der Waals surface area contributed by atoms with E-state index in [9.17, 15) is 4.79 Å². The van der Waals surface area contributed by atoms with Crippen LogP contribution in [0.15, 0.2) is 48.8 Å². The summed E-state index contributed by atoms with van der Waals surface area (Å²) in [5.74, 6) is -0.388. The van der Waals surface area contributed by atoms with Gasteiger partial charge in [-0.25, -0.2) is 4.79 Å². The second-order valence-electron chi connectivity index (χ2n) is 3.96. The molecule has 5 heteroatoms. The van der Waals surface area contributed by atoms with E-state index in [1.165, 1.54) is 7.11 Å². The normalized spacial score (nSPS) is 12.1. The van der Waals surface area contributed by atoms with E-state index in [0.29, 0.717) is 6.54 Å². The van der Waals surface area contributed by atoms with Crippen LogP contribution in [-0.4, -0.2) is 29.5 Å². The minimum absolute atomic E-state index is 0.271. The molecule has 0 fully saturated rings. The molecular weight excluding hydrogens is 244 g/mol. The second-order valence-corrected chi connectivity index (χ2v) is 3.96. The zero-order chi connectivity index (χ0) is 13.5. The van der Waals surface area contributed by atoms with Crippen molar-refractivity contribution in [2.45, 2.75) is 12.6 Å². The number of nitrogens with zero attached hydrogens (tertiary/aromatic N) is 2. The fourth-order valence-corrected chi connectivity index (χ4v) is 1.74. The number of methoxy groups -OCH3 is 1. The predicted octanol–water partition coefficient (Wildman–Crippen LogP) is 1.81. The van der Waals surface area contributed by atoms with Crippen molar-refractivity contribution in [3.05, 3.63) is 54.4 Å². The lowest BCUT2D eigenvalue weighted by molar-refractivity contribution is -0.156. The summed E-state index contributed by atoms with van der Waals surface area (Å²) in [6, 6.07) is 11.1.